The average Bonchev–Trinajstić information content (AvgIpc) is 2.51. The molecule has 2 atom stereocenters. The summed E-state index contributed by atoms with van der Waals surface area (Å²) in [4.78, 5) is 0. The van der Waals surface area contributed by atoms with Gasteiger partial charge >= 0.3 is 121 Å². The molecule has 0 bridgehead atoms. The third-order valence-electron chi connectivity index (χ3n) is 4.52. The Balaban J connectivity index is 0. The van der Waals surface area contributed by atoms with E-state index in [2.05, 4.69) is 58.4 Å². The molecule has 0 saturated carbocycles. The van der Waals surface area contributed by atoms with E-state index in [1.54, 1.807) is 16.7 Å². The fourth-order valence-electron chi connectivity index (χ4n) is 2.72. The predicted octanol–water partition coefficient (Wildman–Crippen LogP) is 4.99. The van der Waals surface area contributed by atoms with Gasteiger partial charge in [-0.25, -0.2) is 0 Å². The van der Waals surface area contributed by atoms with Gasteiger partial charge in [0, 0.05) is 0 Å². The van der Waals surface area contributed by atoms with Crippen molar-refractivity contribution >= 4 is 31.5 Å². The van der Waals surface area contributed by atoms with Crippen molar-refractivity contribution in [3.8, 4) is 0 Å². The van der Waals surface area contributed by atoms with E-state index in [-0.39, 0.29) is 24.8 Å². The molecule has 1 N–H and O–H groups in total. The number of nitrogens with one attached hydrogen (secondary N) is 1. The number of rotatable bonds is 5. The Kier molecular flexibility index (Phi) is 11.5. The van der Waals surface area contributed by atoms with Crippen molar-refractivity contribution in [1.82, 2.24) is 3.80 Å². The molecule has 1 aliphatic rings. The van der Waals surface area contributed by atoms with Gasteiger partial charge in [0.25, 0.3) is 0 Å². The van der Waals surface area contributed by atoms with E-state index in [1.807, 2.05) is 3.88 Å². The van der Waals surface area contributed by atoms with Gasteiger partial charge in [0.05, 0.1) is 0 Å². The largest absolute Gasteiger partial charge is 0.147 e. The molecule has 2 unspecified atom stereocenters. The fraction of sp³-hybridized carbons (Fsp3) is 0.733. The van der Waals surface area contributed by atoms with Crippen LogP contribution < -0.4 is 3.80 Å². The van der Waals surface area contributed by atoms with E-state index in [1.165, 1.54) is 6.42 Å². The first-order chi connectivity index (χ1) is 8.31. The van der Waals surface area contributed by atoms with Gasteiger partial charge in [-0.05, 0) is 0 Å². The number of hydrogen-bond donors (Lipinski definition) is 1. The Morgan fingerprint density at radius 2 is 1.65 bits per heavy atom. The van der Waals surface area contributed by atoms with E-state index in [9.17, 15) is 0 Å². The van der Waals surface area contributed by atoms with Crippen LogP contribution in [0.5, 0.6) is 0 Å². The molecule has 0 fully saturated rings. The Hall–Kier alpha value is 0.951. The summed E-state index contributed by atoms with van der Waals surface area (Å²) in [6.45, 7) is 18.6. The monoisotopic (exact) mass is 372 g/mol. The summed E-state index contributed by atoms with van der Waals surface area (Å²) in [6, 6.07) is 0.698. The van der Waals surface area contributed by atoms with E-state index in [0.29, 0.717) is 12.0 Å². The van der Waals surface area contributed by atoms with Crippen LogP contribution in [0.25, 0.3) is 0 Å². The van der Waals surface area contributed by atoms with Crippen molar-refractivity contribution in [3.63, 3.8) is 0 Å². The third-order valence-corrected chi connectivity index (χ3v) is 16.5. The van der Waals surface area contributed by atoms with Crippen LogP contribution in [-0.4, -0.2) is 12.7 Å². The molecule has 1 rings (SSSR count). The van der Waals surface area contributed by atoms with E-state index < -0.39 is 24.0 Å². The Morgan fingerprint density at radius 1 is 1.15 bits per heavy atom. The average molecular weight is 373 g/mol. The molecule has 1 aliphatic carbocycles. The minimum absolute atomic E-state index is 0. The molecular formula is C15H32Cl2NSiTi. The summed E-state index contributed by atoms with van der Waals surface area (Å²) >= 11 is -1.21. The molecule has 5 heteroatoms. The van der Waals surface area contributed by atoms with Gasteiger partial charge in [-0.15, -0.1) is 24.8 Å². The first-order valence-electron chi connectivity index (χ1n) is 7.33. The zero-order valence-electron chi connectivity index (χ0n) is 14.3. The minimum Gasteiger partial charge on any atom is -0.147 e. The molecule has 0 aliphatic heterocycles. The molecule has 0 aromatic carbocycles. The van der Waals surface area contributed by atoms with Crippen LogP contribution in [0.4, 0.5) is 0 Å². The first kappa shape index (κ1) is 23.2. The Morgan fingerprint density at radius 3 is 1.95 bits per heavy atom. The van der Waals surface area contributed by atoms with Crippen molar-refractivity contribution in [2.75, 3.05) is 0 Å². The summed E-state index contributed by atoms with van der Waals surface area (Å²) in [7, 11) is 0. The second kappa shape index (κ2) is 9.86. The Labute approximate surface area is 145 Å². The zero-order chi connectivity index (χ0) is 14.0. The van der Waals surface area contributed by atoms with Crippen LogP contribution in [0.15, 0.2) is 20.6 Å². The third kappa shape index (κ3) is 5.00. The maximum atomic E-state index is 4.05. The van der Waals surface area contributed by atoms with Crippen LogP contribution in [0, 0.1) is 5.92 Å². The molecule has 0 heterocycles. The normalized spacial score (nSPS) is 19.9. The number of halogens is 2. The number of allylic oxidation sites excluding steroid dienone is 4. The van der Waals surface area contributed by atoms with Crippen molar-refractivity contribution in [2.45, 2.75) is 67.1 Å². The van der Waals surface area contributed by atoms with Crippen LogP contribution in [0.2, 0.25) is 13.1 Å². The zero-order valence-corrected chi connectivity index (χ0v) is 18.6. The molecule has 0 spiro atoms. The van der Waals surface area contributed by atoms with Crippen LogP contribution in [0.1, 0.15) is 48.0 Å². The quantitative estimate of drug-likeness (QED) is 0.669. The Bertz CT molecular complexity index is 380. The summed E-state index contributed by atoms with van der Waals surface area (Å²) in [5.74, 6) is 0.714. The second-order valence-corrected chi connectivity index (χ2v) is 18.8. The fourth-order valence-corrected chi connectivity index (χ4v) is 14.6. The van der Waals surface area contributed by atoms with Crippen LogP contribution in [-0.2, 0) is 17.4 Å². The second-order valence-electron chi connectivity index (χ2n) is 6.09. The van der Waals surface area contributed by atoms with Gasteiger partial charge < -0.3 is 0 Å². The predicted molar refractivity (Wildman–Crippen MR) is 96.5 cm³/mol. The van der Waals surface area contributed by atoms with E-state index in [4.69, 9.17) is 0 Å². The van der Waals surface area contributed by atoms with Crippen molar-refractivity contribution in [2.24, 2.45) is 5.92 Å². The summed E-state index contributed by atoms with van der Waals surface area (Å²) in [5.41, 5.74) is 4.82. The molecule has 20 heavy (non-hydrogen) atoms. The SMILES string of the molecule is CCC(C)[NH][Ti]([C]1=C(C)C(C)=C(C)C1C)[SiH](C)C.Cl.Cl. The first-order valence-corrected chi connectivity index (χ1v) is 14.5. The molecule has 0 saturated heterocycles. The maximum absolute atomic E-state index is 4.05. The van der Waals surface area contributed by atoms with Gasteiger partial charge in [-0.3, -0.25) is 0 Å². The summed E-state index contributed by atoms with van der Waals surface area (Å²) in [6.07, 6.45) is 1.25. The van der Waals surface area contributed by atoms with E-state index >= 15 is 0 Å². The maximum Gasteiger partial charge on any atom is -0.147 e. The van der Waals surface area contributed by atoms with Crippen molar-refractivity contribution in [1.29, 1.82) is 0 Å². The summed E-state index contributed by atoms with van der Waals surface area (Å²) in [5, 5.41) is 0. The smallest absolute Gasteiger partial charge is 0.147 e. The van der Waals surface area contributed by atoms with Crippen molar-refractivity contribution in [3.05, 3.63) is 20.6 Å². The molecule has 1 nitrogen and oxygen atoms in total. The van der Waals surface area contributed by atoms with Crippen LogP contribution >= 0.6 is 24.8 Å². The minimum atomic E-state index is -1.21. The standard InChI is InChI=1S/C9H13.C4H10N.C2H7Si.2ClH.Ti/c1-6-5-7(2)9(4)8(6)3;1-3-4(2)5;1-3-2;;;/h6H,1-4H3;4-5H,3H2,1-2H3;3H,1-2H3;2*1H;/q;-1;;;;+1. The van der Waals surface area contributed by atoms with Crippen LogP contribution in [0.3, 0.4) is 0 Å². The molecular weight excluding hydrogens is 341 g/mol. The molecule has 119 valence electrons. The van der Waals surface area contributed by atoms with Gasteiger partial charge in [0.15, 0.2) is 0 Å². The molecule has 0 aromatic heterocycles. The summed E-state index contributed by atoms with van der Waals surface area (Å²) < 4.78 is 5.91. The molecule has 0 radical (unpaired) electrons. The van der Waals surface area contributed by atoms with Gasteiger partial charge in [-0.2, -0.15) is 0 Å². The van der Waals surface area contributed by atoms with Crippen molar-refractivity contribution < 1.29 is 17.4 Å². The topological polar surface area (TPSA) is 12.0 Å². The van der Waals surface area contributed by atoms with E-state index in [0.717, 1.165) is 0 Å². The van der Waals surface area contributed by atoms with Gasteiger partial charge in [-0.1, -0.05) is 0 Å². The molecule has 0 aromatic rings. The van der Waals surface area contributed by atoms with Gasteiger partial charge in [0.1, 0.15) is 0 Å². The van der Waals surface area contributed by atoms with Gasteiger partial charge in [0.2, 0.25) is 0 Å². The number of hydrogen-bond acceptors (Lipinski definition) is 1. The molecule has 0 amide bonds.